The van der Waals surface area contributed by atoms with Crippen LogP contribution < -0.4 is 10.2 Å². The highest BCUT2D eigenvalue weighted by atomic mass is 127. The Balaban J connectivity index is 0.00000243. The average molecular weight is 466 g/mol. The van der Waals surface area contributed by atoms with E-state index in [9.17, 15) is 5.11 Å². The van der Waals surface area contributed by atoms with Crippen LogP contribution in [0.15, 0.2) is 53.5 Å². The number of halogens is 1. The number of aryl methyl sites for hydroxylation is 1. The molecule has 1 heterocycles. The number of phenols is 1. The number of aliphatic imine (C=N–C) groups is 1. The van der Waals surface area contributed by atoms with Gasteiger partial charge in [-0.15, -0.1) is 24.0 Å². The van der Waals surface area contributed by atoms with E-state index in [4.69, 9.17) is 0 Å². The van der Waals surface area contributed by atoms with Gasteiger partial charge in [-0.3, -0.25) is 4.99 Å². The smallest absolute Gasteiger partial charge is 0.194 e. The third-order valence-corrected chi connectivity index (χ3v) is 4.71. The van der Waals surface area contributed by atoms with Gasteiger partial charge in [0.05, 0.1) is 5.69 Å². The fourth-order valence-electron chi connectivity index (χ4n) is 3.21. The fraction of sp³-hybridized carbons (Fsp3) is 0.350. The maximum atomic E-state index is 10.0. The number of nitrogens with zero attached hydrogens (tertiary/aromatic N) is 3. The summed E-state index contributed by atoms with van der Waals surface area (Å²) < 4.78 is 0. The molecule has 1 aliphatic heterocycles. The number of hydrogen-bond acceptors (Lipinski definition) is 3. The molecule has 3 rings (SSSR count). The Labute approximate surface area is 172 Å². The van der Waals surface area contributed by atoms with Crippen LogP contribution in [0.1, 0.15) is 11.1 Å². The summed E-state index contributed by atoms with van der Waals surface area (Å²) >= 11 is 0. The van der Waals surface area contributed by atoms with E-state index in [1.807, 2.05) is 25.2 Å². The fourth-order valence-corrected chi connectivity index (χ4v) is 3.21. The van der Waals surface area contributed by atoms with Crippen molar-refractivity contribution in [3.05, 3.63) is 59.7 Å². The first-order chi connectivity index (χ1) is 12.2. The summed E-state index contributed by atoms with van der Waals surface area (Å²) in [4.78, 5) is 8.93. The second kappa shape index (κ2) is 9.66. The van der Waals surface area contributed by atoms with E-state index in [-0.39, 0.29) is 24.0 Å². The van der Waals surface area contributed by atoms with Crippen LogP contribution in [0.2, 0.25) is 0 Å². The number of nitrogens with one attached hydrogen (secondary N) is 1. The molecule has 1 fully saturated rings. The van der Waals surface area contributed by atoms with Crippen LogP contribution in [0.3, 0.4) is 0 Å². The van der Waals surface area contributed by atoms with Gasteiger partial charge >= 0.3 is 0 Å². The molecule has 0 spiro atoms. The van der Waals surface area contributed by atoms with Gasteiger partial charge < -0.3 is 20.2 Å². The molecule has 6 heteroatoms. The molecular weight excluding hydrogens is 439 g/mol. The average Bonchev–Trinajstić information content (AvgIpc) is 2.65. The summed E-state index contributed by atoms with van der Waals surface area (Å²) in [5.74, 6) is 1.28. The van der Waals surface area contributed by atoms with Gasteiger partial charge in [0.25, 0.3) is 0 Å². The molecule has 2 aromatic carbocycles. The zero-order valence-electron chi connectivity index (χ0n) is 15.4. The number of aromatic hydroxyl groups is 1. The van der Waals surface area contributed by atoms with Crippen molar-refractivity contribution in [3.63, 3.8) is 0 Å². The number of guanidine groups is 1. The summed E-state index contributed by atoms with van der Waals surface area (Å²) in [6.07, 6.45) is 0. The maximum absolute atomic E-state index is 10.0. The second-order valence-corrected chi connectivity index (χ2v) is 6.29. The Bertz CT molecular complexity index is 742. The third-order valence-electron chi connectivity index (χ3n) is 4.71. The molecule has 26 heavy (non-hydrogen) atoms. The summed E-state index contributed by atoms with van der Waals surface area (Å²) in [5, 5.41) is 13.5. The molecule has 0 radical (unpaired) electrons. The first-order valence-electron chi connectivity index (χ1n) is 8.72. The molecule has 0 aromatic heterocycles. The van der Waals surface area contributed by atoms with Crippen molar-refractivity contribution in [2.75, 3.05) is 38.1 Å². The molecule has 0 unspecified atom stereocenters. The first-order valence-corrected chi connectivity index (χ1v) is 8.72. The number of anilines is 1. The molecule has 0 amide bonds. The van der Waals surface area contributed by atoms with Crippen molar-refractivity contribution in [1.29, 1.82) is 0 Å². The molecular formula is C20H27IN4O. The van der Waals surface area contributed by atoms with E-state index in [0.717, 1.165) is 44.4 Å². The summed E-state index contributed by atoms with van der Waals surface area (Å²) in [6, 6.07) is 15.9. The van der Waals surface area contributed by atoms with Gasteiger partial charge in [0.15, 0.2) is 5.96 Å². The van der Waals surface area contributed by atoms with Crippen molar-refractivity contribution in [2.45, 2.75) is 13.5 Å². The topological polar surface area (TPSA) is 51.1 Å². The zero-order chi connectivity index (χ0) is 17.6. The first kappa shape index (κ1) is 20.4. The minimum Gasteiger partial charge on any atom is -0.506 e. The lowest BCUT2D eigenvalue weighted by molar-refractivity contribution is 0.369. The number of hydrogen-bond donors (Lipinski definition) is 2. The SMILES string of the molecule is CN=C(NCc1ccccc1C)N1CCN(c2ccccc2O)CC1.I. The van der Waals surface area contributed by atoms with Crippen LogP contribution in [0.25, 0.3) is 0 Å². The van der Waals surface area contributed by atoms with E-state index in [2.05, 4.69) is 51.3 Å². The second-order valence-electron chi connectivity index (χ2n) is 6.29. The van der Waals surface area contributed by atoms with Crippen LogP contribution in [-0.2, 0) is 6.54 Å². The van der Waals surface area contributed by atoms with E-state index in [1.54, 1.807) is 6.07 Å². The number of rotatable bonds is 3. The molecule has 1 saturated heterocycles. The van der Waals surface area contributed by atoms with Crippen LogP contribution in [0.4, 0.5) is 5.69 Å². The number of benzene rings is 2. The molecule has 0 saturated carbocycles. The minimum atomic E-state index is 0. The lowest BCUT2D eigenvalue weighted by Crippen LogP contribution is -2.52. The molecule has 5 nitrogen and oxygen atoms in total. The quantitative estimate of drug-likeness (QED) is 0.415. The van der Waals surface area contributed by atoms with Crippen molar-refractivity contribution in [3.8, 4) is 5.75 Å². The monoisotopic (exact) mass is 466 g/mol. The summed E-state index contributed by atoms with van der Waals surface area (Å²) in [7, 11) is 1.83. The Morgan fingerprint density at radius 3 is 2.35 bits per heavy atom. The number of para-hydroxylation sites is 2. The Morgan fingerprint density at radius 2 is 1.69 bits per heavy atom. The van der Waals surface area contributed by atoms with Crippen molar-refractivity contribution in [1.82, 2.24) is 10.2 Å². The van der Waals surface area contributed by atoms with Gasteiger partial charge in [-0.05, 0) is 30.2 Å². The van der Waals surface area contributed by atoms with Crippen molar-refractivity contribution < 1.29 is 5.11 Å². The Morgan fingerprint density at radius 1 is 1.04 bits per heavy atom. The van der Waals surface area contributed by atoms with Crippen LogP contribution >= 0.6 is 24.0 Å². The molecule has 0 aliphatic carbocycles. The van der Waals surface area contributed by atoms with Crippen molar-refractivity contribution >= 4 is 35.6 Å². The summed E-state index contributed by atoms with van der Waals surface area (Å²) in [5.41, 5.74) is 3.48. The molecule has 2 N–H and O–H groups in total. The molecule has 0 bridgehead atoms. The zero-order valence-corrected chi connectivity index (χ0v) is 17.7. The normalized spacial score (nSPS) is 14.8. The molecule has 140 valence electrons. The number of piperazine rings is 1. The van der Waals surface area contributed by atoms with Gasteiger partial charge in [0.1, 0.15) is 5.75 Å². The van der Waals surface area contributed by atoms with Gasteiger partial charge in [0.2, 0.25) is 0 Å². The highest BCUT2D eigenvalue weighted by Gasteiger charge is 2.21. The van der Waals surface area contributed by atoms with Gasteiger partial charge in [-0.25, -0.2) is 0 Å². The van der Waals surface area contributed by atoms with Crippen molar-refractivity contribution in [2.24, 2.45) is 4.99 Å². The van der Waals surface area contributed by atoms with E-state index >= 15 is 0 Å². The van der Waals surface area contributed by atoms with Gasteiger partial charge in [-0.1, -0.05) is 36.4 Å². The van der Waals surface area contributed by atoms with Gasteiger partial charge in [-0.2, -0.15) is 0 Å². The highest BCUT2D eigenvalue weighted by Crippen LogP contribution is 2.27. The summed E-state index contributed by atoms with van der Waals surface area (Å²) in [6.45, 7) is 6.39. The van der Waals surface area contributed by atoms with Crippen LogP contribution in [0.5, 0.6) is 5.75 Å². The minimum absolute atomic E-state index is 0. The van der Waals surface area contributed by atoms with Crippen LogP contribution in [-0.4, -0.2) is 49.2 Å². The highest BCUT2D eigenvalue weighted by molar-refractivity contribution is 14.0. The van der Waals surface area contributed by atoms with E-state index in [1.165, 1.54) is 11.1 Å². The van der Waals surface area contributed by atoms with Crippen LogP contribution in [0, 0.1) is 6.92 Å². The number of phenolic OH excluding ortho intramolecular Hbond substituents is 1. The van der Waals surface area contributed by atoms with Gasteiger partial charge in [0, 0.05) is 39.8 Å². The Hall–Kier alpha value is -1.96. The molecule has 0 atom stereocenters. The van der Waals surface area contributed by atoms with E-state index in [0.29, 0.717) is 5.75 Å². The Kier molecular flexibility index (Phi) is 7.56. The predicted octanol–water partition coefficient (Wildman–Crippen LogP) is 3.22. The molecule has 1 aliphatic rings. The predicted molar refractivity (Wildman–Crippen MR) is 119 cm³/mol. The third kappa shape index (κ3) is 4.81. The molecule has 2 aromatic rings. The van der Waals surface area contributed by atoms with E-state index < -0.39 is 0 Å². The largest absolute Gasteiger partial charge is 0.506 e. The maximum Gasteiger partial charge on any atom is 0.194 e. The standard InChI is InChI=1S/C20H26N4O.HI/c1-16-7-3-4-8-17(16)15-22-20(21-2)24-13-11-23(12-14-24)18-9-5-6-10-19(18)25;/h3-10,25H,11-15H2,1-2H3,(H,21,22);1H. The lowest BCUT2D eigenvalue weighted by Gasteiger charge is -2.37. The lowest BCUT2D eigenvalue weighted by atomic mass is 10.1.